The number of carboxylic acid groups (broad SMARTS) is 1. The summed E-state index contributed by atoms with van der Waals surface area (Å²) in [5.41, 5.74) is 2.10. The third-order valence-electron chi connectivity index (χ3n) is 5.52. The molecule has 1 aliphatic rings. The van der Waals surface area contributed by atoms with E-state index < -0.39 is 5.97 Å². The molecule has 1 aromatic heterocycles. The van der Waals surface area contributed by atoms with Crippen LogP contribution in [-0.2, 0) is 0 Å². The van der Waals surface area contributed by atoms with Gasteiger partial charge in [0.05, 0.1) is 12.8 Å². The van der Waals surface area contributed by atoms with Gasteiger partial charge in [-0.15, -0.1) is 11.3 Å². The number of nitrogens with zero attached hydrogens (tertiary/aromatic N) is 1. The zero-order chi connectivity index (χ0) is 23.9. The van der Waals surface area contributed by atoms with Gasteiger partial charge < -0.3 is 25.2 Å². The van der Waals surface area contributed by atoms with Gasteiger partial charge in [0.2, 0.25) is 0 Å². The second-order valence-electron chi connectivity index (χ2n) is 7.87. The molecule has 3 N–H and O–H groups in total. The number of hydrogen-bond acceptors (Lipinski definition) is 6. The van der Waals surface area contributed by atoms with E-state index >= 15 is 0 Å². The van der Waals surface area contributed by atoms with Crippen LogP contribution in [0, 0.1) is 0 Å². The Kier molecular flexibility index (Phi) is 7.99. The number of aromatic carboxylic acids is 1. The molecule has 178 valence electrons. The van der Waals surface area contributed by atoms with Crippen LogP contribution in [0.15, 0.2) is 54.6 Å². The monoisotopic (exact) mass is 497 g/mol. The van der Waals surface area contributed by atoms with Crippen molar-refractivity contribution in [2.75, 3.05) is 44.0 Å². The summed E-state index contributed by atoms with van der Waals surface area (Å²) in [5, 5.41) is 16.0. The average Bonchev–Trinajstić information content (AvgIpc) is 3.50. The Morgan fingerprint density at radius 3 is 2.56 bits per heavy atom. The molecule has 0 amide bonds. The van der Waals surface area contributed by atoms with Crippen molar-refractivity contribution in [1.82, 2.24) is 4.90 Å². The minimum Gasteiger partial charge on any atom is -0.493 e. The molecule has 34 heavy (non-hydrogen) atoms. The number of nitrogens with one attached hydrogen (secondary N) is 2. The topological polar surface area (TPSA) is 83.1 Å². The molecular weight excluding hydrogens is 470 g/mol. The summed E-state index contributed by atoms with van der Waals surface area (Å²) in [4.78, 5) is 15.2. The van der Waals surface area contributed by atoms with E-state index in [1.165, 1.54) is 24.2 Å². The fraction of sp³-hybridized carbons (Fsp3) is 0.280. The summed E-state index contributed by atoms with van der Waals surface area (Å²) in [5.74, 6) is 0.265. The van der Waals surface area contributed by atoms with Gasteiger partial charge in [0.25, 0.3) is 0 Å². The van der Waals surface area contributed by atoms with Crippen LogP contribution in [0.4, 0.5) is 11.4 Å². The predicted molar refractivity (Wildman–Crippen MR) is 141 cm³/mol. The minimum absolute atomic E-state index is 0.197. The van der Waals surface area contributed by atoms with Crippen LogP contribution in [0.1, 0.15) is 22.5 Å². The summed E-state index contributed by atoms with van der Waals surface area (Å²) >= 11 is 6.65. The van der Waals surface area contributed by atoms with Gasteiger partial charge in [0.1, 0.15) is 11.5 Å². The SMILES string of the molecule is COc1cc(NC(=S)Nc2cc(-c3ccccc3)sc2C(=O)O)ccc1OCCN1CCCC1. The van der Waals surface area contributed by atoms with Gasteiger partial charge in [-0.1, -0.05) is 30.3 Å². The van der Waals surface area contributed by atoms with Crippen molar-refractivity contribution in [2.24, 2.45) is 0 Å². The summed E-state index contributed by atoms with van der Waals surface area (Å²) in [6, 6.07) is 16.9. The number of benzene rings is 2. The maximum atomic E-state index is 11.8. The number of thiocarbonyl (C=S) groups is 1. The second kappa shape index (κ2) is 11.3. The van der Waals surface area contributed by atoms with E-state index in [1.807, 2.05) is 42.5 Å². The van der Waals surface area contributed by atoms with E-state index in [0.717, 1.165) is 30.1 Å². The lowest BCUT2D eigenvalue weighted by Gasteiger charge is -2.17. The number of carboxylic acids is 1. The van der Waals surface area contributed by atoms with E-state index in [0.29, 0.717) is 29.5 Å². The number of likely N-dealkylation sites (tertiary alicyclic amines) is 1. The maximum Gasteiger partial charge on any atom is 0.348 e. The molecule has 0 unspecified atom stereocenters. The molecule has 0 atom stereocenters. The van der Waals surface area contributed by atoms with Gasteiger partial charge >= 0.3 is 5.97 Å². The lowest BCUT2D eigenvalue weighted by atomic mass is 10.2. The Labute approximate surface area is 208 Å². The van der Waals surface area contributed by atoms with Crippen molar-refractivity contribution in [1.29, 1.82) is 0 Å². The highest BCUT2D eigenvalue weighted by molar-refractivity contribution is 7.80. The number of ether oxygens (including phenoxy) is 2. The Hall–Kier alpha value is -3.14. The maximum absolute atomic E-state index is 11.8. The third-order valence-corrected chi connectivity index (χ3v) is 6.89. The molecule has 0 bridgehead atoms. The Bertz CT molecular complexity index is 1140. The number of thiophene rings is 1. The molecule has 2 heterocycles. The predicted octanol–water partition coefficient (Wildman–Crippen LogP) is 5.41. The van der Waals surface area contributed by atoms with Crippen molar-refractivity contribution in [3.63, 3.8) is 0 Å². The molecule has 0 saturated carbocycles. The first-order chi connectivity index (χ1) is 16.5. The highest BCUT2D eigenvalue weighted by Gasteiger charge is 2.18. The third kappa shape index (κ3) is 6.05. The number of methoxy groups -OCH3 is 1. The van der Waals surface area contributed by atoms with Crippen molar-refractivity contribution >= 4 is 46.0 Å². The van der Waals surface area contributed by atoms with E-state index in [-0.39, 0.29) is 9.99 Å². The first kappa shape index (κ1) is 24.0. The van der Waals surface area contributed by atoms with Crippen LogP contribution < -0.4 is 20.1 Å². The number of carbonyl (C=O) groups is 1. The van der Waals surface area contributed by atoms with Crippen LogP contribution in [-0.4, -0.2) is 54.4 Å². The van der Waals surface area contributed by atoms with Crippen LogP contribution in [0.2, 0.25) is 0 Å². The van der Waals surface area contributed by atoms with E-state index in [9.17, 15) is 9.90 Å². The highest BCUT2D eigenvalue weighted by Crippen LogP contribution is 2.35. The Morgan fingerprint density at radius 2 is 1.85 bits per heavy atom. The summed E-state index contributed by atoms with van der Waals surface area (Å²) in [7, 11) is 1.60. The standard InChI is InChI=1S/C25H27N3O4S2/c1-31-21-15-18(9-10-20(21)32-14-13-28-11-5-6-12-28)26-25(33)27-19-16-22(34-23(19)24(29)30)17-7-3-2-4-8-17/h2-4,7-10,15-16H,5-6,11-14H2,1H3,(H,29,30)(H2,26,27,33). The highest BCUT2D eigenvalue weighted by atomic mass is 32.1. The molecule has 1 saturated heterocycles. The Balaban J connectivity index is 1.40. The molecule has 0 spiro atoms. The van der Waals surface area contributed by atoms with Gasteiger partial charge in [0, 0.05) is 23.2 Å². The molecule has 2 aromatic carbocycles. The van der Waals surface area contributed by atoms with E-state index in [4.69, 9.17) is 21.7 Å². The Morgan fingerprint density at radius 1 is 1.09 bits per heavy atom. The number of rotatable bonds is 9. The lowest BCUT2D eigenvalue weighted by molar-refractivity contribution is 0.0703. The molecule has 0 radical (unpaired) electrons. The second-order valence-corrected chi connectivity index (χ2v) is 9.33. The fourth-order valence-electron chi connectivity index (χ4n) is 3.83. The van der Waals surface area contributed by atoms with Gasteiger partial charge in [-0.25, -0.2) is 4.79 Å². The lowest BCUT2D eigenvalue weighted by Crippen LogP contribution is -2.25. The van der Waals surface area contributed by atoms with Crippen LogP contribution in [0.3, 0.4) is 0 Å². The van der Waals surface area contributed by atoms with Crippen LogP contribution in [0.25, 0.3) is 10.4 Å². The molecule has 9 heteroatoms. The van der Waals surface area contributed by atoms with Crippen LogP contribution >= 0.6 is 23.6 Å². The molecule has 1 fully saturated rings. The number of hydrogen-bond donors (Lipinski definition) is 3. The van der Waals surface area contributed by atoms with Crippen molar-refractivity contribution in [2.45, 2.75) is 12.8 Å². The van der Waals surface area contributed by atoms with Gasteiger partial charge in [0.15, 0.2) is 16.6 Å². The van der Waals surface area contributed by atoms with E-state index in [2.05, 4.69) is 15.5 Å². The smallest absolute Gasteiger partial charge is 0.348 e. The molecule has 1 aliphatic heterocycles. The van der Waals surface area contributed by atoms with E-state index in [1.54, 1.807) is 19.2 Å². The molecular formula is C25H27N3O4S2. The molecule has 0 aliphatic carbocycles. The van der Waals surface area contributed by atoms with Crippen molar-refractivity contribution in [3.8, 4) is 21.9 Å². The molecule has 7 nitrogen and oxygen atoms in total. The van der Waals surface area contributed by atoms with Gasteiger partial charge in [-0.2, -0.15) is 0 Å². The first-order valence-electron chi connectivity index (χ1n) is 11.1. The normalized spacial score (nSPS) is 13.4. The number of anilines is 2. The van der Waals surface area contributed by atoms with Gasteiger partial charge in [-0.3, -0.25) is 4.90 Å². The summed E-state index contributed by atoms with van der Waals surface area (Å²) < 4.78 is 11.4. The zero-order valence-electron chi connectivity index (χ0n) is 18.9. The van der Waals surface area contributed by atoms with Gasteiger partial charge in [-0.05, 0) is 61.9 Å². The van der Waals surface area contributed by atoms with Crippen molar-refractivity contribution < 1.29 is 19.4 Å². The average molecular weight is 498 g/mol. The minimum atomic E-state index is -1.01. The first-order valence-corrected chi connectivity index (χ1v) is 12.3. The molecule has 4 rings (SSSR count). The van der Waals surface area contributed by atoms with Crippen LogP contribution in [0.5, 0.6) is 11.5 Å². The summed E-state index contributed by atoms with van der Waals surface area (Å²) in [6.07, 6.45) is 2.51. The molecule has 3 aromatic rings. The zero-order valence-corrected chi connectivity index (χ0v) is 20.5. The van der Waals surface area contributed by atoms with Crippen molar-refractivity contribution in [3.05, 3.63) is 59.5 Å². The fourth-order valence-corrected chi connectivity index (χ4v) is 5.01. The quantitative estimate of drug-likeness (QED) is 0.339. The largest absolute Gasteiger partial charge is 0.493 e. The summed E-state index contributed by atoms with van der Waals surface area (Å²) in [6.45, 7) is 3.76.